The number of hydrogen-bond acceptors (Lipinski definition) is 3. The Labute approximate surface area is 103 Å². The molecule has 1 N–H and O–H groups in total. The number of methoxy groups -OCH3 is 1. The first-order chi connectivity index (χ1) is 7.69. The second-order valence-corrected chi connectivity index (χ2v) is 3.68. The zero-order valence-corrected chi connectivity index (χ0v) is 10.1. The Balaban J connectivity index is 2.82. The van der Waals surface area contributed by atoms with Crippen molar-refractivity contribution >= 4 is 35.3 Å². The van der Waals surface area contributed by atoms with Gasteiger partial charge < -0.3 is 14.8 Å². The van der Waals surface area contributed by atoms with Gasteiger partial charge in [-0.3, -0.25) is 4.79 Å². The van der Waals surface area contributed by atoms with E-state index in [1.807, 2.05) is 0 Å². The van der Waals surface area contributed by atoms with Gasteiger partial charge in [-0.25, -0.2) is 0 Å². The van der Waals surface area contributed by atoms with E-state index in [-0.39, 0.29) is 0 Å². The minimum Gasteiger partial charge on any atom is -0.490 e. The topological polar surface area (TPSA) is 47.6 Å². The highest BCUT2D eigenvalue weighted by Gasteiger charge is 2.07. The summed E-state index contributed by atoms with van der Waals surface area (Å²) in [6.45, 7) is 0.827. The fraction of sp³-hybridized carbons (Fsp3) is 0.300. The number of carbonyl (C=O) groups excluding carboxylic acids is 1. The van der Waals surface area contributed by atoms with E-state index in [4.69, 9.17) is 32.7 Å². The molecule has 0 atom stereocenters. The first-order valence-corrected chi connectivity index (χ1v) is 5.25. The maximum Gasteiger partial charge on any atom is 0.211 e. The van der Waals surface area contributed by atoms with Gasteiger partial charge in [-0.15, -0.1) is 0 Å². The summed E-state index contributed by atoms with van der Waals surface area (Å²) < 4.78 is 10.2. The molecule has 0 aliphatic carbocycles. The lowest BCUT2D eigenvalue weighted by Gasteiger charge is -2.10. The van der Waals surface area contributed by atoms with Crippen LogP contribution in [0.5, 0.6) is 5.75 Å². The average molecular weight is 264 g/mol. The Morgan fingerprint density at radius 3 is 2.69 bits per heavy atom. The Morgan fingerprint density at radius 2 is 2.06 bits per heavy atom. The number of ether oxygens (including phenoxy) is 2. The second-order valence-electron chi connectivity index (χ2n) is 2.87. The Morgan fingerprint density at radius 1 is 1.31 bits per heavy atom. The van der Waals surface area contributed by atoms with Crippen molar-refractivity contribution in [3.8, 4) is 5.75 Å². The SMILES string of the molecule is COCCOc1cc(NC=O)c(Cl)cc1Cl. The average Bonchev–Trinajstić information content (AvgIpc) is 2.25. The van der Waals surface area contributed by atoms with Gasteiger partial charge in [-0.1, -0.05) is 23.2 Å². The number of rotatable bonds is 6. The van der Waals surface area contributed by atoms with Crippen LogP contribution in [0.3, 0.4) is 0 Å². The van der Waals surface area contributed by atoms with Crippen molar-refractivity contribution in [3.63, 3.8) is 0 Å². The lowest BCUT2D eigenvalue weighted by molar-refractivity contribution is -0.105. The van der Waals surface area contributed by atoms with Crippen LogP contribution in [0.2, 0.25) is 10.0 Å². The lowest BCUT2D eigenvalue weighted by Crippen LogP contribution is -2.05. The minimum absolute atomic E-state index is 0.358. The van der Waals surface area contributed by atoms with E-state index in [1.54, 1.807) is 13.2 Å². The minimum atomic E-state index is 0.358. The highest BCUT2D eigenvalue weighted by Crippen LogP contribution is 2.33. The molecule has 0 aliphatic rings. The van der Waals surface area contributed by atoms with Crippen LogP contribution in [0.4, 0.5) is 5.69 Å². The third-order valence-corrected chi connectivity index (χ3v) is 2.39. The summed E-state index contributed by atoms with van der Waals surface area (Å²) in [6, 6.07) is 3.08. The standard InChI is InChI=1S/C10H11Cl2NO3/c1-15-2-3-16-10-5-9(13-6-14)7(11)4-8(10)12/h4-6H,2-3H2,1H3,(H,13,14). The van der Waals surface area contributed by atoms with Crippen LogP contribution in [0, 0.1) is 0 Å². The van der Waals surface area contributed by atoms with Gasteiger partial charge in [0, 0.05) is 13.2 Å². The maximum atomic E-state index is 10.3. The van der Waals surface area contributed by atoms with Gasteiger partial charge in [0.2, 0.25) is 6.41 Å². The van der Waals surface area contributed by atoms with Crippen molar-refractivity contribution in [2.24, 2.45) is 0 Å². The number of halogens is 2. The third kappa shape index (κ3) is 3.56. The van der Waals surface area contributed by atoms with Crippen LogP contribution in [-0.2, 0) is 9.53 Å². The second kappa shape index (κ2) is 6.58. The van der Waals surface area contributed by atoms with Gasteiger partial charge in [0.1, 0.15) is 12.4 Å². The summed E-state index contributed by atoms with van der Waals surface area (Å²) in [5.74, 6) is 0.451. The van der Waals surface area contributed by atoms with Crippen LogP contribution in [-0.4, -0.2) is 26.7 Å². The maximum absolute atomic E-state index is 10.3. The summed E-state index contributed by atoms with van der Waals surface area (Å²) in [6.07, 6.45) is 0.536. The number of nitrogens with one attached hydrogen (secondary N) is 1. The van der Waals surface area contributed by atoms with Gasteiger partial charge in [0.15, 0.2) is 0 Å². The highest BCUT2D eigenvalue weighted by atomic mass is 35.5. The van der Waals surface area contributed by atoms with Gasteiger partial charge in [-0.2, -0.15) is 0 Å². The zero-order chi connectivity index (χ0) is 12.0. The molecule has 6 heteroatoms. The molecular formula is C10H11Cl2NO3. The summed E-state index contributed by atoms with van der Waals surface area (Å²) in [5, 5.41) is 3.20. The lowest BCUT2D eigenvalue weighted by atomic mass is 10.3. The van der Waals surface area contributed by atoms with Crippen molar-refractivity contribution in [2.45, 2.75) is 0 Å². The van der Waals surface area contributed by atoms with E-state index in [0.29, 0.717) is 41.1 Å². The van der Waals surface area contributed by atoms with Gasteiger partial charge in [0.25, 0.3) is 0 Å². The van der Waals surface area contributed by atoms with E-state index in [0.717, 1.165) is 0 Å². The van der Waals surface area contributed by atoms with Crippen LogP contribution in [0.1, 0.15) is 0 Å². The van der Waals surface area contributed by atoms with Crippen molar-refractivity contribution in [2.75, 3.05) is 25.6 Å². The predicted molar refractivity (Wildman–Crippen MR) is 63.5 cm³/mol. The van der Waals surface area contributed by atoms with Crippen molar-refractivity contribution in [1.82, 2.24) is 0 Å². The predicted octanol–water partition coefficient (Wildman–Crippen LogP) is 2.59. The van der Waals surface area contributed by atoms with Crippen molar-refractivity contribution in [1.29, 1.82) is 0 Å². The molecule has 0 saturated heterocycles. The Hall–Kier alpha value is -0.970. The van der Waals surface area contributed by atoms with E-state index in [1.165, 1.54) is 6.07 Å². The molecule has 1 amide bonds. The number of carbonyl (C=O) groups is 1. The normalized spacial score (nSPS) is 9.94. The molecule has 88 valence electrons. The van der Waals surface area contributed by atoms with Crippen molar-refractivity contribution < 1.29 is 14.3 Å². The van der Waals surface area contributed by atoms with E-state index >= 15 is 0 Å². The van der Waals surface area contributed by atoms with E-state index in [2.05, 4.69) is 5.32 Å². The molecule has 0 radical (unpaired) electrons. The molecule has 0 aromatic heterocycles. The number of benzene rings is 1. The molecule has 0 aliphatic heterocycles. The first-order valence-electron chi connectivity index (χ1n) is 4.50. The van der Waals surface area contributed by atoms with Crippen LogP contribution < -0.4 is 10.1 Å². The number of amides is 1. The quantitative estimate of drug-likeness (QED) is 0.634. The van der Waals surface area contributed by atoms with Crippen LogP contribution >= 0.6 is 23.2 Å². The molecule has 0 fully saturated rings. The van der Waals surface area contributed by atoms with E-state index < -0.39 is 0 Å². The van der Waals surface area contributed by atoms with E-state index in [9.17, 15) is 4.79 Å². The summed E-state index contributed by atoms with van der Waals surface area (Å²) in [5.41, 5.74) is 0.452. The molecule has 1 aromatic carbocycles. The van der Waals surface area contributed by atoms with Gasteiger partial charge in [0.05, 0.1) is 22.3 Å². The molecule has 4 nitrogen and oxygen atoms in total. The molecule has 0 heterocycles. The Bertz CT molecular complexity index is 371. The summed E-state index contributed by atoms with van der Waals surface area (Å²) >= 11 is 11.8. The third-order valence-electron chi connectivity index (χ3n) is 1.78. The number of hydrogen-bond donors (Lipinski definition) is 1. The monoisotopic (exact) mass is 263 g/mol. The fourth-order valence-electron chi connectivity index (χ4n) is 1.05. The number of anilines is 1. The first kappa shape index (κ1) is 13.1. The smallest absolute Gasteiger partial charge is 0.211 e. The highest BCUT2D eigenvalue weighted by molar-refractivity contribution is 6.37. The van der Waals surface area contributed by atoms with Gasteiger partial charge >= 0.3 is 0 Å². The molecule has 0 saturated carbocycles. The molecule has 0 bridgehead atoms. The largest absolute Gasteiger partial charge is 0.490 e. The molecule has 1 rings (SSSR count). The van der Waals surface area contributed by atoms with Crippen molar-refractivity contribution in [3.05, 3.63) is 22.2 Å². The molecule has 0 unspecified atom stereocenters. The molecule has 0 spiro atoms. The Kier molecular flexibility index (Phi) is 5.38. The summed E-state index contributed by atoms with van der Waals surface area (Å²) in [4.78, 5) is 10.3. The van der Waals surface area contributed by atoms with Crippen LogP contribution in [0.15, 0.2) is 12.1 Å². The fourth-order valence-corrected chi connectivity index (χ4v) is 1.54. The molecule has 16 heavy (non-hydrogen) atoms. The van der Waals surface area contributed by atoms with Gasteiger partial charge in [-0.05, 0) is 6.07 Å². The molecule has 1 aromatic rings. The van der Waals surface area contributed by atoms with Crippen LogP contribution in [0.25, 0.3) is 0 Å². The zero-order valence-electron chi connectivity index (χ0n) is 8.63. The molecular weight excluding hydrogens is 253 g/mol. The summed E-state index contributed by atoms with van der Waals surface area (Å²) in [7, 11) is 1.58.